The molecular formula is C10H15N3O3. The third kappa shape index (κ3) is 2.00. The third-order valence-electron chi connectivity index (χ3n) is 2.79. The monoisotopic (exact) mass is 225 g/mol. The van der Waals surface area contributed by atoms with E-state index in [-0.39, 0.29) is 12.2 Å². The smallest absolute Gasteiger partial charge is 0.346 e. The molecule has 6 nitrogen and oxygen atoms in total. The van der Waals surface area contributed by atoms with Crippen molar-refractivity contribution in [2.45, 2.75) is 38.8 Å². The van der Waals surface area contributed by atoms with Crippen molar-refractivity contribution in [1.82, 2.24) is 14.3 Å². The van der Waals surface area contributed by atoms with Crippen LogP contribution in [0.25, 0.3) is 0 Å². The number of fused-ring (bicyclic) bond motifs is 1. The van der Waals surface area contributed by atoms with Crippen molar-refractivity contribution in [3.05, 3.63) is 16.3 Å². The van der Waals surface area contributed by atoms with Gasteiger partial charge < -0.3 is 4.74 Å². The molecular weight excluding hydrogens is 210 g/mol. The van der Waals surface area contributed by atoms with Gasteiger partial charge in [0.05, 0.1) is 7.11 Å². The molecule has 0 N–H and O–H groups in total. The topological polar surface area (TPSA) is 66.1 Å². The van der Waals surface area contributed by atoms with Gasteiger partial charge in [0.15, 0.2) is 0 Å². The maximum Gasteiger partial charge on any atom is 0.346 e. The predicted molar refractivity (Wildman–Crippen MR) is 56.1 cm³/mol. The molecule has 1 aromatic rings. The summed E-state index contributed by atoms with van der Waals surface area (Å²) in [7, 11) is 1.30. The summed E-state index contributed by atoms with van der Waals surface area (Å²) in [5.74, 6) is 0.335. The first-order valence-corrected chi connectivity index (χ1v) is 5.45. The molecule has 0 saturated carbocycles. The minimum atomic E-state index is -0.449. The molecule has 2 rings (SSSR count). The summed E-state index contributed by atoms with van der Waals surface area (Å²) in [6.07, 6.45) is 3.98. The van der Waals surface area contributed by atoms with Crippen LogP contribution in [0.3, 0.4) is 0 Å². The minimum Gasteiger partial charge on any atom is -0.468 e. The van der Waals surface area contributed by atoms with Gasteiger partial charge in [0, 0.05) is 13.0 Å². The second-order valence-corrected chi connectivity index (χ2v) is 3.89. The molecule has 0 unspecified atom stereocenters. The van der Waals surface area contributed by atoms with Gasteiger partial charge in [0.2, 0.25) is 0 Å². The number of rotatable bonds is 2. The minimum absolute atomic E-state index is 0.102. The van der Waals surface area contributed by atoms with Gasteiger partial charge in [0.1, 0.15) is 12.4 Å². The Bertz CT molecular complexity index is 447. The summed E-state index contributed by atoms with van der Waals surface area (Å²) in [5.41, 5.74) is -0.206. The lowest BCUT2D eigenvalue weighted by Gasteiger charge is -1.98. The number of esters is 1. The van der Waals surface area contributed by atoms with Crippen LogP contribution in [0, 0.1) is 0 Å². The fraction of sp³-hybridized carbons (Fsp3) is 0.700. The lowest BCUT2D eigenvalue weighted by Crippen LogP contribution is -2.28. The van der Waals surface area contributed by atoms with Crippen LogP contribution in [-0.2, 0) is 29.0 Å². The van der Waals surface area contributed by atoms with Crippen molar-refractivity contribution in [2.24, 2.45) is 0 Å². The summed E-state index contributed by atoms with van der Waals surface area (Å²) in [5, 5.41) is 4.16. The number of carbonyl (C=O) groups is 1. The summed E-state index contributed by atoms with van der Waals surface area (Å²) >= 11 is 0. The first kappa shape index (κ1) is 10.9. The van der Waals surface area contributed by atoms with Crippen molar-refractivity contribution < 1.29 is 9.53 Å². The van der Waals surface area contributed by atoms with Crippen LogP contribution in [0.15, 0.2) is 4.79 Å². The Morgan fingerprint density at radius 1 is 1.44 bits per heavy atom. The zero-order chi connectivity index (χ0) is 11.5. The maximum atomic E-state index is 11.9. The van der Waals surface area contributed by atoms with Gasteiger partial charge in [-0.3, -0.25) is 9.36 Å². The van der Waals surface area contributed by atoms with E-state index in [9.17, 15) is 9.59 Å². The van der Waals surface area contributed by atoms with Crippen molar-refractivity contribution in [1.29, 1.82) is 0 Å². The van der Waals surface area contributed by atoms with Gasteiger partial charge in [0.25, 0.3) is 0 Å². The number of carbonyl (C=O) groups excluding carboxylic acids is 1. The average molecular weight is 225 g/mol. The first-order chi connectivity index (χ1) is 7.72. The molecule has 0 saturated heterocycles. The molecule has 0 atom stereocenters. The largest absolute Gasteiger partial charge is 0.468 e. The molecule has 1 aliphatic heterocycles. The fourth-order valence-electron chi connectivity index (χ4n) is 1.92. The highest BCUT2D eigenvalue weighted by Crippen LogP contribution is 2.10. The average Bonchev–Trinajstić information content (AvgIpc) is 2.48. The van der Waals surface area contributed by atoms with Gasteiger partial charge >= 0.3 is 11.7 Å². The molecule has 0 aromatic carbocycles. The number of hydrogen-bond acceptors (Lipinski definition) is 4. The summed E-state index contributed by atoms with van der Waals surface area (Å²) in [4.78, 5) is 23.0. The molecule has 0 spiro atoms. The highest BCUT2D eigenvalue weighted by Gasteiger charge is 2.16. The van der Waals surface area contributed by atoms with Gasteiger partial charge in [-0.05, 0) is 12.8 Å². The quantitative estimate of drug-likeness (QED) is 0.661. The van der Waals surface area contributed by atoms with Crippen molar-refractivity contribution in [3.8, 4) is 0 Å². The van der Waals surface area contributed by atoms with Crippen LogP contribution in [-0.4, -0.2) is 27.4 Å². The Hall–Kier alpha value is -1.59. The van der Waals surface area contributed by atoms with E-state index in [4.69, 9.17) is 0 Å². The fourth-order valence-corrected chi connectivity index (χ4v) is 1.92. The van der Waals surface area contributed by atoms with Crippen LogP contribution in [0.1, 0.15) is 25.1 Å². The molecule has 1 aliphatic rings. The first-order valence-electron chi connectivity index (χ1n) is 5.45. The molecule has 16 heavy (non-hydrogen) atoms. The van der Waals surface area contributed by atoms with Crippen LogP contribution in [0.4, 0.5) is 0 Å². The summed E-state index contributed by atoms with van der Waals surface area (Å²) < 4.78 is 7.37. The molecule has 0 radical (unpaired) electrons. The highest BCUT2D eigenvalue weighted by atomic mass is 16.5. The van der Waals surface area contributed by atoms with E-state index >= 15 is 0 Å². The van der Waals surface area contributed by atoms with Gasteiger partial charge in [-0.25, -0.2) is 9.48 Å². The number of aryl methyl sites for hydroxylation is 1. The van der Waals surface area contributed by atoms with E-state index in [0.717, 1.165) is 31.5 Å². The molecule has 0 bridgehead atoms. The van der Waals surface area contributed by atoms with Gasteiger partial charge in [-0.1, -0.05) is 6.42 Å². The Morgan fingerprint density at radius 3 is 3.00 bits per heavy atom. The SMILES string of the molecule is COC(=O)Cn1nc2n(c1=O)CCCCC2. The van der Waals surface area contributed by atoms with Crippen molar-refractivity contribution >= 4 is 5.97 Å². The Balaban J connectivity index is 2.28. The molecule has 2 heterocycles. The van der Waals surface area contributed by atoms with E-state index in [2.05, 4.69) is 9.84 Å². The van der Waals surface area contributed by atoms with Crippen LogP contribution >= 0.6 is 0 Å². The van der Waals surface area contributed by atoms with Gasteiger partial charge in [-0.15, -0.1) is 0 Å². The Labute approximate surface area is 92.8 Å². The molecule has 6 heteroatoms. The molecule has 88 valence electrons. The Kier molecular flexibility index (Phi) is 3.07. The van der Waals surface area contributed by atoms with Crippen molar-refractivity contribution in [2.75, 3.05) is 7.11 Å². The predicted octanol–water partition coefficient (Wildman–Crippen LogP) is -0.0558. The zero-order valence-corrected chi connectivity index (χ0v) is 9.31. The van der Waals surface area contributed by atoms with E-state index in [1.165, 1.54) is 11.8 Å². The second kappa shape index (κ2) is 4.51. The molecule has 0 aliphatic carbocycles. The van der Waals surface area contributed by atoms with E-state index in [0.29, 0.717) is 6.54 Å². The van der Waals surface area contributed by atoms with E-state index < -0.39 is 5.97 Å². The number of hydrogen-bond donors (Lipinski definition) is 0. The maximum absolute atomic E-state index is 11.9. The summed E-state index contributed by atoms with van der Waals surface area (Å²) in [6, 6.07) is 0. The van der Waals surface area contributed by atoms with Crippen molar-refractivity contribution in [3.63, 3.8) is 0 Å². The van der Waals surface area contributed by atoms with Crippen LogP contribution in [0.2, 0.25) is 0 Å². The van der Waals surface area contributed by atoms with Crippen LogP contribution < -0.4 is 5.69 Å². The third-order valence-corrected chi connectivity index (χ3v) is 2.79. The number of ether oxygens (including phenoxy) is 1. The highest BCUT2D eigenvalue weighted by molar-refractivity contribution is 5.68. The summed E-state index contributed by atoms with van der Waals surface area (Å²) in [6.45, 7) is 0.602. The van der Waals surface area contributed by atoms with E-state index in [1.807, 2.05) is 0 Å². The van der Waals surface area contributed by atoms with Crippen LogP contribution in [0.5, 0.6) is 0 Å². The standard InChI is InChI=1S/C10H15N3O3/c1-16-9(14)7-13-10(15)12-6-4-2-3-5-8(12)11-13/h2-7H2,1H3. The lowest BCUT2D eigenvalue weighted by molar-refractivity contribution is -0.141. The second-order valence-electron chi connectivity index (χ2n) is 3.89. The van der Waals surface area contributed by atoms with Gasteiger partial charge in [-0.2, -0.15) is 5.10 Å². The Morgan fingerprint density at radius 2 is 2.25 bits per heavy atom. The molecule has 1 aromatic heterocycles. The number of nitrogens with zero attached hydrogens (tertiary/aromatic N) is 3. The lowest BCUT2D eigenvalue weighted by atomic mass is 10.2. The normalized spacial score (nSPS) is 15.3. The number of aromatic nitrogens is 3. The zero-order valence-electron chi connectivity index (χ0n) is 9.31. The number of methoxy groups -OCH3 is 1. The molecule has 0 fully saturated rings. The molecule has 0 amide bonds. The van der Waals surface area contributed by atoms with E-state index in [1.54, 1.807) is 4.57 Å².